The molecule has 0 atom stereocenters. The van der Waals surface area contributed by atoms with Gasteiger partial charge in [0.25, 0.3) is 0 Å². The summed E-state index contributed by atoms with van der Waals surface area (Å²) in [6, 6.07) is 5.95. The van der Waals surface area contributed by atoms with Crippen molar-refractivity contribution in [2.24, 2.45) is 0 Å². The number of hydrogen-bond donors (Lipinski definition) is 0. The van der Waals surface area contributed by atoms with Crippen molar-refractivity contribution in [1.82, 2.24) is 0 Å². The van der Waals surface area contributed by atoms with Crippen LogP contribution in [0.15, 0.2) is 24.3 Å². The van der Waals surface area contributed by atoms with Crippen LogP contribution in [0, 0.1) is 0 Å². The number of rotatable bonds is 4. The first-order valence-corrected chi connectivity index (χ1v) is 6.59. The molecule has 0 aromatic heterocycles. The van der Waals surface area contributed by atoms with Crippen molar-refractivity contribution in [2.45, 2.75) is 25.6 Å². The van der Waals surface area contributed by atoms with E-state index in [4.69, 9.17) is 18.9 Å². The predicted octanol–water partition coefficient (Wildman–Crippen LogP) is 2.97. The highest BCUT2D eigenvalue weighted by atomic mass is 16.7. The summed E-state index contributed by atoms with van der Waals surface area (Å²) < 4.78 is 21.7. The van der Waals surface area contributed by atoms with E-state index in [0.717, 1.165) is 29.9 Å². The Morgan fingerprint density at radius 1 is 1.16 bits per heavy atom. The van der Waals surface area contributed by atoms with Crippen molar-refractivity contribution in [1.29, 1.82) is 0 Å². The van der Waals surface area contributed by atoms with Gasteiger partial charge in [0.15, 0.2) is 17.3 Å². The lowest BCUT2D eigenvalue weighted by Crippen LogP contribution is -2.24. The van der Waals surface area contributed by atoms with Gasteiger partial charge in [-0.3, -0.25) is 0 Å². The molecule has 2 aliphatic rings. The minimum Gasteiger partial charge on any atom is -0.454 e. The van der Waals surface area contributed by atoms with Crippen LogP contribution >= 0.6 is 0 Å². The SMILES string of the molecule is CC1(CC/C=C/c2ccc3c(c2)OCO3)OCCO1. The predicted molar refractivity (Wildman–Crippen MR) is 71.1 cm³/mol. The molecule has 0 unspecified atom stereocenters. The highest BCUT2D eigenvalue weighted by Gasteiger charge is 2.29. The zero-order valence-electron chi connectivity index (χ0n) is 11.1. The summed E-state index contributed by atoms with van der Waals surface area (Å²) in [7, 11) is 0. The fourth-order valence-corrected chi connectivity index (χ4v) is 2.28. The second kappa shape index (κ2) is 5.23. The van der Waals surface area contributed by atoms with Gasteiger partial charge in [-0.1, -0.05) is 18.2 Å². The van der Waals surface area contributed by atoms with E-state index in [1.807, 2.05) is 25.1 Å². The van der Waals surface area contributed by atoms with Gasteiger partial charge in [-0.15, -0.1) is 0 Å². The summed E-state index contributed by atoms with van der Waals surface area (Å²) >= 11 is 0. The Morgan fingerprint density at radius 2 is 1.95 bits per heavy atom. The van der Waals surface area contributed by atoms with Gasteiger partial charge in [-0.2, -0.15) is 0 Å². The molecular formula is C15H18O4. The lowest BCUT2D eigenvalue weighted by atomic mass is 10.1. The summed E-state index contributed by atoms with van der Waals surface area (Å²) in [5.41, 5.74) is 1.11. The van der Waals surface area contributed by atoms with E-state index in [0.29, 0.717) is 20.0 Å². The zero-order valence-corrected chi connectivity index (χ0v) is 11.1. The van der Waals surface area contributed by atoms with Gasteiger partial charge in [-0.05, 0) is 31.0 Å². The molecule has 2 aliphatic heterocycles. The monoisotopic (exact) mass is 262 g/mol. The van der Waals surface area contributed by atoms with Gasteiger partial charge < -0.3 is 18.9 Å². The van der Waals surface area contributed by atoms with Gasteiger partial charge in [-0.25, -0.2) is 0 Å². The van der Waals surface area contributed by atoms with Crippen LogP contribution in [0.25, 0.3) is 6.08 Å². The van der Waals surface area contributed by atoms with Gasteiger partial charge in [0.2, 0.25) is 6.79 Å². The summed E-state index contributed by atoms with van der Waals surface area (Å²) in [6.45, 7) is 3.70. The summed E-state index contributed by atoms with van der Waals surface area (Å²) in [6.07, 6.45) is 6.01. The molecule has 2 heterocycles. The minimum absolute atomic E-state index is 0.315. The molecule has 1 saturated heterocycles. The molecule has 0 bridgehead atoms. The average molecular weight is 262 g/mol. The third-order valence-corrected chi connectivity index (χ3v) is 3.37. The Kier molecular flexibility index (Phi) is 3.44. The second-order valence-electron chi connectivity index (χ2n) is 4.88. The fraction of sp³-hybridized carbons (Fsp3) is 0.467. The second-order valence-corrected chi connectivity index (χ2v) is 4.88. The fourth-order valence-electron chi connectivity index (χ4n) is 2.28. The Hall–Kier alpha value is -1.52. The number of ether oxygens (including phenoxy) is 4. The molecule has 4 heteroatoms. The van der Waals surface area contributed by atoms with Gasteiger partial charge >= 0.3 is 0 Å². The van der Waals surface area contributed by atoms with Crippen LogP contribution in [0.2, 0.25) is 0 Å². The van der Waals surface area contributed by atoms with Crippen LogP contribution in [0.3, 0.4) is 0 Å². The Balaban J connectivity index is 1.55. The molecule has 102 valence electrons. The Morgan fingerprint density at radius 3 is 2.79 bits per heavy atom. The van der Waals surface area contributed by atoms with Crippen LogP contribution in [-0.4, -0.2) is 25.8 Å². The molecule has 0 N–H and O–H groups in total. The van der Waals surface area contributed by atoms with Gasteiger partial charge in [0.1, 0.15) is 0 Å². The average Bonchev–Trinajstić information content (AvgIpc) is 3.03. The summed E-state index contributed by atoms with van der Waals surface area (Å²) in [5, 5.41) is 0. The summed E-state index contributed by atoms with van der Waals surface area (Å²) in [4.78, 5) is 0. The molecule has 1 aromatic carbocycles. The molecule has 0 radical (unpaired) electrons. The van der Waals surface area contributed by atoms with Gasteiger partial charge in [0, 0.05) is 6.42 Å². The zero-order chi connectivity index (χ0) is 13.1. The summed E-state index contributed by atoms with van der Waals surface area (Å²) in [5.74, 6) is 1.23. The Bertz CT molecular complexity index is 475. The number of benzene rings is 1. The molecule has 3 rings (SSSR count). The third kappa shape index (κ3) is 2.91. The topological polar surface area (TPSA) is 36.9 Å². The van der Waals surface area contributed by atoms with Crippen molar-refractivity contribution in [3.63, 3.8) is 0 Å². The normalized spacial score (nSPS) is 20.3. The first kappa shape index (κ1) is 12.5. The van der Waals surface area contributed by atoms with E-state index in [2.05, 4.69) is 12.2 Å². The van der Waals surface area contributed by atoms with Crippen molar-refractivity contribution < 1.29 is 18.9 Å². The number of allylic oxidation sites excluding steroid dienone is 1. The maximum absolute atomic E-state index is 5.56. The van der Waals surface area contributed by atoms with E-state index in [1.165, 1.54) is 0 Å². The molecule has 0 aliphatic carbocycles. The first-order chi connectivity index (χ1) is 9.25. The largest absolute Gasteiger partial charge is 0.454 e. The third-order valence-electron chi connectivity index (χ3n) is 3.37. The minimum atomic E-state index is -0.404. The van der Waals surface area contributed by atoms with Crippen molar-refractivity contribution in [3.8, 4) is 11.5 Å². The van der Waals surface area contributed by atoms with Crippen molar-refractivity contribution in [2.75, 3.05) is 20.0 Å². The van der Waals surface area contributed by atoms with Gasteiger partial charge in [0.05, 0.1) is 13.2 Å². The van der Waals surface area contributed by atoms with E-state index >= 15 is 0 Å². The molecule has 1 aromatic rings. The lowest BCUT2D eigenvalue weighted by Gasteiger charge is -2.20. The van der Waals surface area contributed by atoms with Crippen LogP contribution in [0.4, 0.5) is 0 Å². The van der Waals surface area contributed by atoms with Crippen LogP contribution in [0.1, 0.15) is 25.3 Å². The van der Waals surface area contributed by atoms with Crippen LogP contribution < -0.4 is 9.47 Å². The molecule has 4 nitrogen and oxygen atoms in total. The smallest absolute Gasteiger partial charge is 0.231 e. The first-order valence-electron chi connectivity index (χ1n) is 6.59. The highest BCUT2D eigenvalue weighted by Crippen LogP contribution is 2.33. The van der Waals surface area contributed by atoms with Crippen LogP contribution in [0.5, 0.6) is 11.5 Å². The van der Waals surface area contributed by atoms with E-state index in [-0.39, 0.29) is 0 Å². The van der Waals surface area contributed by atoms with E-state index in [9.17, 15) is 0 Å². The number of fused-ring (bicyclic) bond motifs is 1. The molecular weight excluding hydrogens is 244 g/mol. The molecule has 19 heavy (non-hydrogen) atoms. The molecule has 0 amide bonds. The van der Waals surface area contributed by atoms with Crippen LogP contribution in [-0.2, 0) is 9.47 Å². The Labute approximate surface area is 112 Å². The molecule has 1 fully saturated rings. The highest BCUT2D eigenvalue weighted by molar-refractivity contribution is 5.56. The van der Waals surface area contributed by atoms with Crippen molar-refractivity contribution >= 4 is 6.08 Å². The maximum atomic E-state index is 5.56. The standard InChI is InChI=1S/C15H18O4/c1-15(18-8-9-19-15)7-3-2-4-12-5-6-13-14(10-12)17-11-16-13/h2,4-6,10H,3,7-9,11H2,1H3/b4-2+. The van der Waals surface area contributed by atoms with E-state index in [1.54, 1.807) is 0 Å². The molecule has 0 saturated carbocycles. The van der Waals surface area contributed by atoms with Crippen molar-refractivity contribution in [3.05, 3.63) is 29.8 Å². The molecule has 0 spiro atoms. The van der Waals surface area contributed by atoms with E-state index < -0.39 is 5.79 Å². The maximum Gasteiger partial charge on any atom is 0.231 e. The lowest BCUT2D eigenvalue weighted by molar-refractivity contribution is -0.145. The quantitative estimate of drug-likeness (QED) is 0.836. The number of hydrogen-bond acceptors (Lipinski definition) is 4.